The first-order valence-electron chi connectivity index (χ1n) is 8.20. The molecule has 0 atom stereocenters. The average Bonchev–Trinajstić information content (AvgIpc) is 2.65. The molecule has 0 unspecified atom stereocenters. The van der Waals surface area contributed by atoms with Gasteiger partial charge in [-0.3, -0.25) is 9.69 Å². The van der Waals surface area contributed by atoms with Gasteiger partial charge in [-0.2, -0.15) is 0 Å². The third-order valence-corrected chi connectivity index (χ3v) is 5.14. The van der Waals surface area contributed by atoms with Gasteiger partial charge in [0.15, 0.2) is 0 Å². The van der Waals surface area contributed by atoms with Crippen LogP contribution in [0.5, 0.6) is 0 Å². The van der Waals surface area contributed by atoms with Gasteiger partial charge >= 0.3 is 0 Å². The van der Waals surface area contributed by atoms with Crippen LogP contribution in [0, 0.1) is 0 Å². The van der Waals surface area contributed by atoms with Crippen LogP contribution in [-0.4, -0.2) is 26.4 Å². The van der Waals surface area contributed by atoms with Gasteiger partial charge in [0.05, 0.1) is 11.3 Å². The van der Waals surface area contributed by atoms with Crippen molar-refractivity contribution in [2.24, 2.45) is 0 Å². The molecule has 126 valence electrons. The number of halogens is 1. The molecule has 25 heavy (non-hydrogen) atoms. The molecule has 1 aliphatic rings. The second kappa shape index (κ2) is 6.90. The molecule has 3 aromatic rings. The third kappa shape index (κ3) is 3.41. The number of nitrogens with zero attached hydrogens (tertiary/aromatic N) is 3. The van der Waals surface area contributed by atoms with Crippen molar-refractivity contribution in [1.29, 1.82) is 0 Å². The van der Waals surface area contributed by atoms with Crippen LogP contribution in [0.15, 0.2) is 58.1 Å². The maximum atomic E-state index is 12.6. The SMILES string of the molecule is O=c1[nH]c(-c2ccccc2)nc2c1CN(Cc1cccnc1Br)CC2. The summed E-state index contributed by atoms with van der Waals surface area (Å²) in [5.41, 5.74) is 3.69. The maximum absolute atomic E-state index is 12.6. The minimum absolute atomic E-state index is 0.0428. The molecular weight excluding hydrogens is 380 g/mol. The summed E-state index contributed by atoms with van der Waals surface area (Å²) < 4.78 is 0.854. The number of fused-ring (bicyclic) bond motifs is 1. The number of hydrogen-bond donors (Lipinski definition) is 1. The quantitative estimate of drug-likeness (QED) is 0.690. The van der Waals surface area contributed by atoms with Crippen molar-refractivity contribution in [3.05, 3.63) is 80.4 Å². The summed E-state index contributed by atoms with van der Waals surface area (Å²) in [7, 11) is 0. The van der Waals surface area contributed by atoms with Gasteiger partial charge in [0, 0.05) is 37.8 Å². The number of nitrogens with one attached hydrogen (secondary N) is 1. The Hall–Kier alpha value is -2.31. The fourth-order valence-corrected chi connectivity index (χ4v) is 3.50. The molecule has 0 aliphatic carbocycles. The molecule has 1 N–H and O–H groups in total. The van der Waals surface area contributed by atoms with E-state index in [1.54, 1.807) is 6.20 Å². The van der Waals surface area contributed by atoms with Gasteiger partial charge in [0.1, 0.15) is 10.4 Å². The lowest BCUT2D eigenvalue weighted by molar-refractivity contribution is 0.241. The van der Waals surface area contributed by atoms with Crippen molar-refractivity contribution in [3.63, 3.8) is 0 Å². The van der Waals surface area contributed by atoms with Gasteiger partial charge in [0.2, 0.25) is 0 Å². The van der Waals surface area contributed by atoms with Crippen LogP contribution in [0.2, 0.25) is 0 Å². The minimum atomic E-state index is -0.0428. The second-order valence-electron chi connectivity index (χ2n) is 6.12. The van der Waals surface area contributed by atoms with Gasteiger partial charge in [-0.1, -0.05) is 36.4 Å². The fourth-order valence-electron chi connectivity index (χ4n) is 3.13. The zero-order valence-corrected chi connectivity index (χ0v) is 15.2. The summed E-state index contributed by atoms with van der Waals surface area (Å²) >= 11 is 3.49. The highest BCUT2D eigenvalue weighted by atomic mass is 79.9. The number of hydrogen-bond acceptors (Lipinski definition) is 4. The molecule has 4 rings (SSSR count). The number of aromatic nitrogens is 3. The summed E-state index contributed by atoms with van der Waals surface area (Å²) in [5.74, 6) is 0.646. The number of aromatic amines is 1. The number of benzene rings is 1. The Labute approximate surface area is 153 Å². The van der Waals surface area contributed by atoms with Crippen LogP contribution in [0.3, 0.4) is 0 Å². The second-order valence-corrected chi connectivity index (χ2v) is 6.87. The van der Waals surface area contributed by atoms with Crippen molar-refractivity contribution in [3.8, 4) is 11.4 Å². The summed E-state index contributed by atoms with van der Waals surface area (Å²) in [6, 6.07) is 13.7. The lowest BCUT2D eigenvalue weighted by atomic mass is 10.1. The van der Waals surface area contributed by atoms with Crippen molar-refractivity contribution in [2.75, 3.05) is 6.54 Å². The van der Waals surface area contributed by atoms with E-state index in [0.29, 0.717) is 12.4 Å². The van der Waals surface area contributed by atoms with Crippen LogP contribution in [0.1, 0.15) is 16.8 Å². The molecule has 1 aromatic carbocycles. The summed E-state index contributed by atoms with van der Waals surface area (Å²) in [4.78, 5) is 26.7. The van der Waals surface area contributed by atoms with Crippen LogP contribution < -0.4 is 5.56 Å². The van der Waals surface area contributed by atoms with Gasteiger partial charge in [-0.05, 0) is 27.6 Å². The average molecular weight is 397 g/mol. The molecule has 0 bridgehead atoms. The molecule has 5 nitrogen and oxygen atoms in total. The number of pyridine rings is 1. The molecule has 3 heterocycles. The molecular formula is C19H17BrN4O. The Balaban J connectivity index is 1.60. The van der Waals surface area contributed by atoms with E-state index < -0.39 is 0 Å². The highest BCUT2D eigenvalue weighted by Gasteiger charge is 2.22. The first-order chi connectivity index (χ1) is 12.2. The maximum Gasteiger partial charge on any atom is 0.255 e. The standard InChI is InChI=1S/C19H17BrN4O/c20-17-14(7-4-9-21-17)11-24-10-8-16-15(12-24)19(25)23-18(22-16)13-5-2-1-3-6-13/h1-7,9H,8,10-12H2,(H,22,23,25). The predicted octanol–water partition coefficient (Wildman–Crippen LogP) is 3.15. The van der Waals surface area contributed by atoms with Crippen LogP contribution >= 0.6 is 15.9 Å². The fraction of sp³-hybridized carbons (Fsp3) is 0.211. The molecule has 0 spiro atoms. The van der Waals surface area contributed by atoms with E-state index in [9.17, 15) is 4.79 Å². The van der Waals surface area contributed by atoms with Crippen LogP contribution in [-0.2, 0) is 19.5 Å². The zero-order valence-electron chi connectivity index (χ0n) is 13.6. The van der Waals surface area contributed by atoms with E-state index in [1.807, 2.05) is 42.5 Å². The first kappa shape index (κ1) is 16.2. The monoisotopic (exact) mass is 396 g/mol. The van der Waals surface area contributed by atoms with Gasteiger partial charge in [-0.15, -0.1) is 0 Å². The summed E-state index contributed by atoms with van der Waals surface area (Å²) in [6.07, 6.45) is 2.54. The summed E-state index contributed by atoms with van der Waals surface area (Å²) in [6.45, 7) is 2.24. The Bertz CT molecular complexity index is 955. The number of rotatable bonds is 3. The molecule has 6 heteroatoms. The van der Waals surface area contributed by atoms with E-state index in [-0.39, 0.29) is 5.56 Å². The normalized spacial score (nSPS) is 14.3. The highest BCUT2D eigenvalue weighted by Crippen LogP contribution is 2.21. The van der Waals surface area contributed by atoms with Crippen molar-refractivity contribution < 1.29 is 0 Å². The predicted molar refractivity (Wildman–Crippen MR) is 100 cm³/mol. The van der Waals surface area contributed by atoms with Crippen LogP contribution in [0.4, 0.5) is 0 Å². The Morgan fingerprint density at radius 2 is 2.00 bits per heavy atom. The van der Waals surface area contributed by atoms with Gasteiger partial charge in [0.25, 0.3) is 5.56 Å². The number of H-pyrrole nitrogens is 1. The minimum Gasteiger partial charge on any atom is -0.306 e. The van der Waals surface area contributed by atoms with Crippen molar-refractivity contribution in [2.45, 2.75) is 19.5 Å². The van der Waals surface area contributed by atoms with Gasteiger partial charge in [-0.25, -0.2) is 9.97 Å². The van der Waals surface area contributed by atoms with E-state index in [4.69, 9.17) is 4.98 Å². The van der Waals surface area contributed by atoms with Crippen molar-refractivity contribution in [1.82, 2.24) is 19.9 Å². The largest absolute Gasteiger partial charge is 0.306 e. The molecule has 0 radical (unpaired) electrons. The third-order valence-electron chi connectivity index (χ3n) is 4.43. The summed E-state index contributed by atoms with van der Waals surface area (Å²) in [5, 5.41) is 0. The lowest BCUT2D eigenvalue weighted by Gasteiger charge is -2.27. The zero-order chi connectivity index (χ0) is 17.2. The molecule has 0 amide bonds. The molecule has 2 aromatic heterocycles. The van der Waals surface area contributed by atoms with E-state index in [2.05, 4.69) is 30.8 Å². The van der Waals surface area contributed by atoms with Crippen LogP contribution in [0.25, 0.3) is 11.4 Å². The molecule has 0 fully saturated rings. The molecule has 0 saturated carbocycles. The van der Waals surface area contributed by atoms with E-state index in [1.165, 1.54) is 0 Å². The Morgan fingerprint density at radius 3 is 2.80 bits per heavy atom. The molecule has 0 saturated heterocycles. The Kier molecular flexibility index (Phi) is 4.46. The topological polar surface area (TPSA) is 61.9 Å². The van der Waals surface area contributed by atoms with E-state index in [0.717, 1.165) is 46.5 Å². The first-order valence-corrected chi connectivity index (χ1v) is 8.99. The van der Waals surface area contributed by atoms with Gasteiger partial charge < -0.3 is 4.98 Å². The molecule has 1 aliphatic heterocycles. The smallest absolute Gasteiger partial charge is 0.255 e. The lowest BCUT2D eigenvalue weighted by Crippen LogP contribution is -2.35. The Morgan fingerprint density at radius 1 is 1.16 bits per heavy atom. The van der Waals surface area contributed by atoms with Crippen molar-refractivity contribution >= 4 is 15.9 Å². The highest BCUT2D eigenvalue weighted by molar-refractivity contribution is 9.10. The van der Waals surface area contributed by atoms with E-state index >= 15 is 0 Å².